The SMILES string of the molecule is C/C(=C/C(=O)NCC#Cc1ccccc1)C1CC1. The van der Waals surface area contributed by atoms with Crippen LogP contribution in [0.3, 0.4) is 0 Å². The van der Waals surface area contributed by atoms with Crippen LogP contribution in [0.2, 0.25) is 0 Å². The lowest BCUT2D eigenvalue weighted by atomic mass is 10.2. The molecule has 0 spiro atoms. The molecule has 0 radical (unpaired) electrons. The standard InChI is InChI=1S/C16H17NO/c1-13(15-9-10-15)12-16(18)17-11-5-8-14-6-3-2-4-7-14/h2-4,6-7,12,15H,9-11H2,1H3,(H,17,18)/b13-12-. The third-order valence-corrected chi connectivity index (χ3v) is 2.94. The first kappa shape index (κ1) is 12.4. The Balaban J connectivity index is 1.77. The molecule has 1 aromatic rings. The molecule has 1 aliphatic rings. The van der Waals surface area contributed by atoms with E-state index >= 15 is 0 Å². The molecule has 0 unspecified atom stereocenters. The first-order valence-corrected chi connectivity index (χ1v) is 6.25. The second kappa shape index (κ2) is 6.07. The normalized spacial score (nSPS) is 14.6. The Labute approximate surface area is 108 Å². The van der Waals surface area contributed by atoms with Gasteiger partial charge in [0.2, 0.25) is 5.91 Å². The lowest BCUT2D eigenvalue weighted by Crippen LogP contribution is -2.21. The number of rotatable bonds is 3. The van der Waals surface area contributed by atoms with Crippen LogP contribution in [0.25, 0.3) is 0 Å². The van der Waals surface area contributed by atoms with E-state index in [0.717, 1.165) is 5.56 Å². The van der Waals surface area contributed by atoms with Crippen LogP contribution in [-0.4, -0.2) is 12.5 Å². The topological polar surface area (TPSA) is 29.1 Å². The van der Waals surface area contributed by atoms with Gasteiger partial charge in [-0.2, -0.15) is 0 Å². The van der Waals surface area contributed by atoms with Crippen molar-refractivity contribution in [1.29, 1.82) is 0 Å². The van der Waals surface area contributed by atoms with Gasteiger partial charge in [-0.05, 0) is 37.8 Å². The smallest absolute Gasteiger partial charge is 0.244 e. The molecule has 1 N–H and O–H groups in total. The highest BCUT2D eigenvalue weighted by Gasteiger charge is 2.23. The van der Waals surface area contributed by atoms with Gasteiger partial charge in [-0.15, -0.1) is 0 Å². The predicted molar refractivity (Wildman–Crippen MR) is 72.8 cm³/mol. The summed E-state index contributed by atoms with van der Waals surface area (Å²) in [7, 11) is 0. The second-order valence-corrected chi connectivity index (χ2v) is 4.55. The number of carbonyl (C=O) groups excluding carboxylic acids is 1. The summed E-state index contributed by atoms with van der Waals surface area (Å²) in [6, 6.07) is 9.75. The van der Waals surface area contributed by atoms with Crippen molar-refractivity contribution in [2.75, 3.05) is 6.54 Å². The highest BCUT2D eigenvalue weighted by atomic mass is 16.1. The van der Waals surface area contributed by atoms with Crippen molar-refractivity contribution in [3.05, 3.63) is 47.5 Å². The van der Waals surface area contributed by atoms with Crippen molar-refractivity contribution in [2.45, 2.75) is 19.8 Å². The van der Waals surface area contributed by atoms with E-state index in [4.69, 9.17) is 0 Å². The average molecular weight is 239 g/mol. The molecule has 2 heteroatoms. The van der Waals surface area contributed by atoms with Gasteiger partial charge < -0.3 is 5.32 Å². The Morgan fingerprint density at radius 3 is 2.78 bits per heavy atom. The zero-order valence-corrected chi connectivity index (χ0v) is 10.6. The Morgan fingerprint density at radius 1 is 1.39 bits per heavy atom. The van der Waals surface area contributed by atoms with E-state index < -0.39 is 0 Å². The van der Waals surface area contributed by atoms with Gasteiger partial charge in [0.25, 0.3) is 0 Å². The Kier molecular flexibility index (Phi) is 4.20. The summed E-state index contributed by atoms with van der Waals surface area (Å²) in [5.74, 6) is 6.55. The number of amides is 1. The minimum atomic E-state index is -0.0400. The maximum Gasteiger partial charge on any atom is 0.244 e. The summed E-state index contributed by atoms with van der Waals surface area (Å²) < 4.78 is 0. The molecule has 0 atom stereocenters. The number of carbonyl (C=O) groups is 1. The van der Waals surface area contributed by atoms with Crippen LogP contribution in [0, 0.1) is 17.8 Å². The van der Waals surface area contributed by atoms with E-state index in [-0.39, 0.29) is 5.91 Å². The molecule has 0 aliphatic heterocycles. The van der Waals surface area contributed by atoms with Crippen LogP contribution in [0.5, 0.6) is 0 Å². The van der Waals surface area contributed by atoms with E-state index in [1.165, 1.54) is 18.4 Å². The molecular formula is C16H17NO. The zero-order valence-electron chi connectivity index (χ0n) is 10.6. The fourth-order valence-electron chi connectivity index (χ4n) is 1.71. The number of benzene rings is 1. The number of hydrogen-bond donors (Lipinski definition) is 1. The van der Waals surface area contributed by atoms with Crippen LogP contribution in [0.15, 0.2) is 42.0 Å². The van der Waals surface area contributed by atoms with Crippen LogP contribution < -0.4 is 5.32 Å². The first-order chi connectivity index (χ1) is 8.75. The Morgan fingerprint density at radius 2 is 2.11 bits per heavy atom. The van der Waals surface area contributed by atoms with Gasteiger partial charge in [0, 0.05) is 11.6 Å². The van der Waals surface area contributed by atoms with E-state index in [1.807, 2.05) is 37.3 Å². The first-order valence-electron chi connectivity index (χ1n) is 6.25. The Bertz CT molecular complexity index is 501. The van der Waals surface area contributed by atoms with E-state index in [0.29, 0.717) is 12.5 Å². The van der Waals surface area contributed by atoms with Crippen LogP contribution in [0.1, 0.15) is 25.3 Å². The minimum Gasteiger partial charge on any atom is -0.342 e. The van der Waals surface area contributed by atoms with Crippen LogP contribution in [0.4, 0.5) is 0 Å². The van der Waals surface area contributed by atoms with E-state index in [1.54, 1.807) is 6.08 Å². The molecule has 1 fully saturated rings. The second-order valence-electron chi connectivity index (χ2n) is 4.55. The minimum absolute atomic E-state index is 0.0400. The van der Waals surface area contributed by atoms with Crippen LogP contribution >= 0.6 is 0 Å². The fourth-order valence-corrected chi connectivity index (χ4v) is 1.71. The molecular weight excluding hydrogens is 222 g/mol. The maximum atomic E-state index is 11.5. The van der Waals surface area contributed by atoms with Crippen molar-refractivity contribution < 1.29 is 4.79 Å². The Hall–Kier alpha value is -2.01. The maximum absolute atomic E-state index is 11.5. The van der Waals surface area contributed by atoms with Gasteiger partial charge in [-0.25, -0.2) is 0 Å². The summed E-state index contributed by atoms with van der Waals surface area (Å²) in [5.41, 5.74) is 2.15. The molecule has 2 nitrogen and oxygen atoms in total. The highest BCUT2D eigenvalue weighted by molar-refractivity contribution is 5.88. The zero-order chi connectivity index (χ0) is 12.8. The van der Waals surface area contributed by atoms with Crippen molar-refractivity contribution in [2.24, 2.45) is 5.92 Å². The van der Waals surface area contributed by atoms with Crippen LogP contribution in [-0.2, 0) is 4.79 Å². The third-order valence-electron chi connectivity index (χ3n) is 2.94. The van der Waals surface area contributed by atoms with Gasteiger partial charge in [0.15, 0.2) is 0 Å². The molecule has 18 heavy (non-hydrogen) atoms. The van der Waals surface area contributed by atoms with Gasteiger partial charge in [0.1, 0.15) is 0 Å². The predicted octanol–water partition coefficient (Wildman–Crippen LogP) is 2.51. The van der Waals surface area contributed by atoms with E-state index in [2.05, 4.69) is 17.2 Å². The largest absolute Gasteiger partial charge is 0.342 e. The molecule has 1 saturated carbocycles. The quantitative estimate of drug-likeness (QED) is 0.637. The molecule has 1 aromatic carbocycles. The number of hydrogen-bond acceptors (Lipinski definition) is 1. The van der Waals surface area contributed by atoms with Gasteiger partial charge in [-0.1, -0.05) is 35.6 Å². The fraction of sp³-hybridized carbons (Fsp3) is 0.312. The molecule has 0 heterocycles. The summed E-state index contributed by atoms with van der Waals surface area (Å²) >= 11 is 0. The highest BCUT2D eigenvalue weighted by Crippen LogP contribution is 2.35. The van der Waals surface area contributed by atoms with E-state index in [9.17, 15) is 4.79 Å². The van der Waals surface area contributed by atoms with Gasteiger partial charge in [-0.3, -0.25) is 4.79 Å². The molecule has 0 bridgehead atoms. The third kappa shape index (κ3) is 4.10. The lowest BCUT2D eigenvalue weighted by Gasteiger charge is -1.98. The van der Waals surface area contributed by atoms with Gasteiger partial charge >= 0.3 is 0 Å². The molecule has 2 rings (SSSR count). The average Bonchev–Trinajstić information content (AvgIpc) is 3.20. The number of allylic oxidation sites excluding steroid dienone is 1. The molecule has 92 valence electrons. The number of nitrogens with one attached hydrogen (secondary N) is 1. The summed E-state index contributed by atoms with van der Waals surface area (Å²) in [4.78, 5) is 11.5. The summed E-state index contributed by atoms with van der Waals surface area (Å²) in [5, 5.41) is 2.78. The molecule has 0 aromatic heterocycles. The van der Waals surface area contributed by atoms with Crippen molar-refractivity contribution in [3.8, 4) is 11.8 Å². The van der Waals surface area contributed by atoms with Gasteiger partial charge in [0.05, 0.1) is 6.54 Å². The summed E-state index contributed by atoms with van der Waals surface area (Å²) in [6.07, 6.45) is 4.15. The lowest BCUT2D eigenvalue weighted by molar-refractivity contribution is -0.116. The summed E-state index contributed by atoms with van der Waals surface area (Å²) in [6.45, 7) is 2.41. The monoisotopic (exact) mass is 239 g/mol. The molecule has 0 saturated heterocycles. The van der Waals surface area contributed by atoms with Crippen molar-refractivity contribution >= 4 is 5.91 Å². The van der Waals surface area contributed by atoms with Crippen molar-refractivity contribution in [1.82, 2.24) is 5.32 Å². The van der Waals surface area contributed by atoms with Crippen molar-refractivity contribution in [3.63, 3.8) is 0 Å². The molecule has 1 aliphatic carbocycles. The molecule has 1 amide bonds.